The third-order valence-electron chi connectivity index (χ3n) is 4.50. The minimum absolute atomic E-state index is 0.0732. The minimum atomic E-state index is -0.362. The Morgan fingerprint density at radius 1 is 1.35 bits per heavy atom. The molecule has 26 heavy (non-hydrogen) atoms. The van der Waals surface area contributed by atoms with Crippen LogP contribution < -0.4 is 15.7 Å². The molecule has 4 heterocycles. The molecule has 0 bridgehead atoms. The van der Waals surface area contributed by atoms with Gasteiger partial charge in [0.2, 0.25) is 5.43 Å². The summed E-state index contributed by atoms with van der Waals surface area (Å²) in [5, 5.41) is 4.46. The number of aromatic nitrogens is 5. The van der Waals surface area contributed by atoms with Crippen molar-refractivity contribution in [3.8, 4) is 5.75 Å². The first-order valence-corrected chi connectivity index (χ1v) is 7.96. The third-order valence-corrected chi connectivity index (χ3v) is 4.50. The molecule has 0 radical (unpaired) electrons. The van der Waals surface area contributed by atoms with Gasteiger partial charge in [0.15, 0.2) is 11.4 Å². The number of ether oxygens (including phenoxy) is 1. The van der Waals surface area contributed by atoms with Gasteiger partial charge in [-0.3, -0.25) is 19.1 Å². The quantitative estimate of drug-likeness (QED) is 0.657. The topological polar surface area (TPSA) is 126 Å². The number of aryl methyl sites for hydroxylation is 1. The van der Waals surface area contributed by atoms with Gasteiger partial charge in [0.1, 0.15) is 16.9 Å². The lowest BCUT2D eigenvalue weighted by atomic mass is 9.98. The molecule has 134 valence electrons. The molecule has 1 amide bonds. The number of pyridine rings is 1. The zero-order chi connectivity index (χ0) is 18.4. The van der Waals surface area contributed by atoms with Gasteiger partial charge in [-0.25, -0.2) is 4.98 Å². The smallest absolute Gasteiger partial charge is 0.270 e. The Bertz CT molecular complexity index is 1120. The van der Waals surface area contributed by atoms with E-state index in [-0.39, 0.29) is 34.3 Å². The van der Waals surface area contributed by atoms with E-state index < -0.39 is 0 Å². The van der Waals surface area contributed by atoms with Crippen molar-refractivity contribution < 1.29 is 9.53 Å². The molecule has 3 aromatic heterocycles. The summed E-state index contributed by atoms with van der Waals surface area (Å²) in [6, 6.07) is 1.22. The van der Waals surface area contributed by atoms with E-state index in [2.05, 4.69) is 20.1 Å². The van der Waals surface area contributed by atoms with Crippen molar-refractivity contribution in [1.29, 1.82) is 0 Å². The van der Waals surface area contributed by atoms with E-state index in [9.17, 15) is 14.4 Å². The van der Waals surface area contributed by atoms with Crippen LogP contribution in [0.1, 0.15) is 22.2 Å². The average Bonchev–Trinajstić information content (AvgIpc) is 2.95. The van der Waals surface area contributed by atoms with Crippen molar-refractivity contribution in [2.24, 2.45) is 7.05 Å². The largest absolute Gasteiger partial charge is 0.491 e. The van der Waals surface area contributed by atoms with Gasteiger partial charge in [-0.1, -0.05) is 0 Å². The standard InChI is InChI=1S/C16H16N6O4/c1-21-14-9(4-18-21)15(24)20-13(19-14)8-6-22(7-8)16(25)10-3-11(23)12(26-2)5-17-10/h3-5,8H,6-7H2,1-2H3,(H,17,23)(H,19,20,24). The lowest BCUT2D eigenvalue weighted by Gasteiger charge is -2.38. The molecule has 2 N–H and O–H groups in total. The van der Waals surface area contributed by atoms with Crippen LogP contribution in [0.25, 0.3) is 11.0 Å². The van der Waals surface area contributed by atoms with Gasteiger partial charge in [-0.05, 0) is 0 Å². The number of hydrogen-bond acceptors (Lipinski definition) is 6. The van der Waals surface area contributed by atoms with Crippen molar-refractivity contribution in [3.05, 3.63) is 50.6 Å². The molecular formula is C16H16N6O4. The van der Waals surface area contributed by atoms with Crippen molar-refractivity contribution in [1.82, 2.24) is 29.6 Å². The Morgan fingerprint density at radius 2 is 2.12 bits per heavy atom. The van der Waals surface area contributed by atoms with Crippen LogP contribution >= 0.6 is 0 Å². The molecule has 10 heteroatoms. The zero-order valence-corrected chi connectivity index (χ0v) is 14.1. The van der Waals surface area contributed by atoms with Gasteiger partial charge in [-0.15, -0.1) is 0 Å². The van der Waals surface area contributed by atoms with E-state index in [1.807, 2.05) is 0 Å². The molecule has 10 nitrogen and oxygen atoms in total. The summed E-state index contributed by atoms with van der Waals surface area (Å²) in [6.07, 6.45) is 2.84. The molecule has 0 atom stereocenters. The summed E-state index contributed by atoms with van der Waals surface area (Å²) in [5.41, 5.74) is 0.0903. The number of nitrogens with zero attached hydrogens (tertiary/aromatic N) is 4. The Labute approximate surface area is 146 Å². The van der Waals surface area contributed by atoms with Crippen LogP contribution in [-0.2, 0) is 7.05 Å². The molecule has 1 aliphatic heterocycles. The molecular weight excluding hydrogens is 340 g/mol. The fourth-order valence-corrected chi connectivity index (χ4v) is 2.97. The number of methoxy groups -OCH3 is 1. The second kappa shape index (κ2) is 5.83. The summed E-state index contributed by atoms with van der Waals surface area (Å²) in [4.78, 5) is 47.9. The summed E-state index contributed by atoms with van der Waals surface area (Å²) >= 11 is 0. The van der Waals surface area contributed by atoms with Crippen LogP contribution in [-0.4, -0.2) is 55.7 Å². The molecule has 0 saturated carbocycles. The molecule has 1 fully saturated rings. The molecule has 0 aromatic carbocycles. The van der Waals surface area contributed by atoms with Crippen LogP contribution in [0.4, 0.5) is 0 Å². The maximum absolute atomic E-state index is 12.5. The number of H-pyrrole nitrogens is 2. The van der Waals surface area contributed by atoms with Crippen LogP contribution in [0.3, 0.4) is 0 Å². The number of amides is 1. The van der Waals surface area contributed by atoms with E-state index >= 15 is 0 Å². The molecule has 0 unspecified atom stereocenters. The number of hydrogen-bond donors (Lipinski definition) is 2. The number of nitrogens with one attached hydrogen (secondary N) is 2. The fourth-order valence-electron chi connectivity index (χ4n) is 2.97. The van der Waals surface area contributed by atoms with Crippen LogP contribution in [0.2, 0.25) is 0 Å². The van der Waals surface area contributed by atoms with E-state index in [4.69, 9.17) is 4.74 Å². The summed E-state index contributed by atoms with van der Waals surface area (Å²) in [7, 11) is 3.11. The highest BCUT2D eigenvalue weighted by atomic mass is 16.5. The SMILES string of the molecule is COc1c[nH]c(C(=O)N2CC(c3nc4c(cnn4C)c(=O)[nH]3)C2)cc1=O. The molecule has 1 saturated heterocycles. The minimum Gasteiger partial charge on any atom is -0.491 e. The van der Waals surface area contributed by atoms with E-state index in [0.29, 0.717) is 29.9 Å². The maximum Gasteiger partial charge on any atom is 0.270 e. The highest BCUT2D eigenvalue weighted by Gasteiger charge is 2.34. The average molecular weight is 356 g/mol. The van der Waals surface area contributed by atoms with E-state index in [1.165, 1.54) is 30.3 Å². The first-order valence-electron chi connectivity index (χ1n) is 7.96. The lowest BCUT2D eigenvalue weighted by Crippen LogP contribution is -2.49. The highest BCUT2D eigenvalue weighted by molar-refractivity contribution is 5.93. The van der Waals surface area contributed by atoms with Crippen molar-refractivity contribution in [3.63, 3.8) is 0 Å². The summed E-state index contributed by atoms with van der Waals surface area (Å²) in [5.74, 6) is 0.313. The second-order valence-electron chi connectivity index (χ2n) is 6.14. The van der Waals surface area contributed by atoms with Crippen LogP contribution in [0.5, 0.6) is 5.75 Å². The monoisotopic (exact) mass is 356 g/mol. The normalized spacial score (nSPS) is 14.5. The van der Waals surface area contributed by atoms with Gasteiger partial charge in [0, 0.05) is 32.4 Å². The third kappa shape index (κ3) is 2.46. The van der Waals surface area contributed by atoms with Crippen LogP contribution in [0, 0.1) is 0 Å². The number of likely N-dealkylation sites (tertiary alicyclic amines) is 1. The van der Waals surface area contributed by atoms with Crippen LogP contribution in [0.15, 0.2) is 28.0 Å². The number of rotatable bonds is 3. The summed E-state index contributed by atoms with van der Waals surface area (Å²) in [6.45, 7) is 0.804. The Kier molecular flexibility index (Phi) is 3.60. The fraction of sp³-hybridized carbons (Fsp3) is 0.312. The summed E-state index contributed by atoms with van der Waals surface area (Å²) < 4.78 is 6.43. The number of carbonyl (C=O) groups is 1. The molecule has 0 spiro atoms. The Balaban J connectivity index is 1.52. The number of fused-ring (bicyclic) bond motifs is 1. The van der Waals surface area contributed by atoms with Crippen molar-refractivity contribution in [2.45, 2.75) is 5.92 Å². The predicted octanol–water partition coefficient (Wildman–Crippen LogP) is -0.407. The maximum atomic E-state index is 12.5. The molecule has 3 aromatic rings. The van der Waals surface area contributed by atoms with E-state index in [1.54, 1.807) is 11.9 Å². The lowest BCUT2D eigenvalue weighted by molar-refractivity contribution is 0.0588. The van der Waals surface area contributed by atoms with Gasteiger partial charge >= 0.3 is 0 Å². The van der Waals surface area contributed by atoms with Gasteiger partial charge in [-0.2, -0.15) is 5.10 Å². The van der Waals surface area contributed by atoms with E-state index in [0.717, 1.165) is 0 Å². The van der Waals surface area contributed by atoms with Crippen molar-refractivity contribution in [2.75, 3.05) is 20.2 Å². The molecule has 4 rings (SSSR count). The zero-order valence-electron chi connectivity index (χ0n) is 14.1. The molecule has 1 aliphatic rings. The Hall–Kier alpha value is -3.43. The first-order chi connectivity index (χ1) is 12.5. The number of aromatic amines is 2. The molecule has 0 aliphatic carbocycles. The number of carbonyl (C=O) groups excluding carboxylic acids is 1. The van der Waals surface area contributed by atoms with Gasteiger partial charge in [0.05, 0.1) is 19.2 Å². The predicted molar refractivity (Wildman–Crippen MR) is 91.4 cm³/mol. The highest BCUT2D eigenvalue weighted by Crippen LogP contribution is 2.25. The second-order valence-corrected chi connectivity index (χ2v) is 6.14. The Morgan fingerprint density at radius 3 is 2.81 bits per heavy atom. The van der Waals surface area contributed by atoms with Gasteiger partial charge < -0.3 is 19.6 Å². The first kappa shape index (κ1) is 16.1. The van der Waals surface area contributed by atoms with Crippen molar-refractivity contribution >= 4 is 16.9 Å². The van der Waals surface area contributed by atoms with Gasteiger partial charge in [0.25, 0.3) is 11.5 Å².